The molecule has 0 radical (unpaired) electrons. The first-order chi connectivity index (χ1) is 10.9. The molecule has 0 spiro atoms. The van der Waals surface area contributed by atoms with E-state index in [-0.39, 0.29) is 16.9 Å². The minimum atomic E-state index is -0.321. The van der Waals surface area contributed by atoms with Gasteiger partial charge in [0.2, 0.25) is 17.2 Å². The normalized spacial score (nSPS) is 12.7. The summed E-state index contributed by atoms with van der Waals surface area (Å²) in [5.74, 6) is 0.961. The lowest BCUT2D eigenvalue weighted by Crippen LogP contribution is -2.29. The van der Waals surface area contributed by atoms with Crippen molar-refractivity contribution in [2.75, 3.05) is 10.6 Å². The number of anilines is 2. The summed E-state index contributed by atoms with van der Waals surface area (Å²) in [6.07, 6.45) is 2.14. The zero-order chi connectivity index (χ0) is 16.9. The summed E-state index contributed by atoms with van der Waals surface area (Å²) in [6.45, 7) is 8.40. The highest BCUT2D eigenvalue weighted by atomic mass is 35.5. The molecule has 5 nitrogen and oxygen atoms in total. The van der Waals surface area contributed by atoms with Crippen LogP contribution in [0.15, 0.2) is 30.3 Å². The largest absolute Gasteiger partial charge is 0.352 e. The molecule has 1 aromatic carbocycles. The van der Waals surface area contributed by atoms with E-state index in [0.717, 1.165) is 18.4 Å². The van der Waals surface area contributed by atoms with E-state index in [1.807, 2.05) is 18.2 Å². The number of nitrogens with zero attached hydrogens (tertiary/aromatic N) is 3. The molecule has 23 heavy (non-hydrogen) atoms. The van der Waals surface area contributed by atoms with Crippen molar-refractivity contribution in [1.82, 2.24) is 15.0 Å². The molecule has 0 saturated carbocycles. The second-order valence-corrected chi connectivity index (χ2v) is 6.54. The van der Waals surface area contributed by atoms with Crippen LogP contribution in [0, 0.1) is 0 Å². The Bertz CT molecular complexity index is 630. The Labute approximate surface area is 142 Å². The Balaban J connectivity index is 2.18. The highest BCUT2D eigenvalue weighted by Crippen LogP contribution is 2.24. The molecule has 2 rings (SSSR count). The minimum absolute atomic E-state index is 0.178. The van der Waals surface area contributed by atoms with E-state index >= 15 is 0 Å². The number of nitrogens with one attached hydrogen (secondary N) is 2. The number of halogens is 1. The average molecular weight is 334 g/mol. The molecule has 1 aromatic heterocycles. The van der Waals surface area contributed by atoms with Gasteiger partial charge in [-0.3, -0.25) is 0 Å². The van der Waals surface area contributed by atoms with Crippen molar-refractivity contribution < 1.29 is 0 Å². The van der Waals surface area contributed by atoms with Crippen molar-refractivity contribution in [3.05, 3.63) is 41.2 Å². The third-order valence-electron chi connectivity index (χ3n) is 3.63. The Kier molecular flexibility index (Phi) is 5.77. The van der Waals surface area contributed by atoms with E-state index in [1.54, 1.807) is 0 Å². The van der Waals surface area contributed by atoms with Crippen LogP contribution >= 0.6 is 11.6 Å². The van der Waals surface area contributed by atoms with E-state index in [0.29, 0.717) is 11.9 Å². The van der Waals surface area contributed by atoms with Crippen LogP contribution in [0.3, 0.4) is 0 Å². The van der Waals surface area contributed by atoms with Gasteiger partial charge in [-0.05, 0) is 44.4 Å². The number of hydrogen-bond acceptors (Lipinski definition) is 5. The molecule has 0 aliphatic rings. The molecule has 0 bridgehead atoms. The highest BCUT2D eigenvalue weighted by Gasteiger charge is 2.22. The molecule has 0 saturated heterocycles. The molecule has 1 heterocycles. The molecule has 0 aliphatic carbocycles. The zero-order valence-electron chi connectivity index (χ0n) is 14.1. The van der Waals surface area contributed by atoms with Crippen LogP contribution in [0.4, 0.5) is 11.9 Å². The number of rotatable bonds is 7. The number of hydrogen-bond donors (Lipinski definition) is 2. The monoisotopic (exact) mass is 333 g/mol. The van der Waals surface area contributed by atoms with Crippen molar-refractivity contribution >= 4 is 23.5 Å². The maximum absolute atomic E-state index is 6.04. The summed E-state index contributed by atoms with van der Waals surface area (Å²) in [5, 5.41) is 6.78. The molecule has 2 N–H and O–H groups in total. The molecule has 0 amide bonds. The van der Waals surface area contributed by atoms with Gasteiger partial charge in [0.1, 0.15) is 0 Å². The molecular weight excluding hydrogens is 310 g/mol. The van der Waals surface area contributed by atoms with Gasteiger partial charge >= 0.3 is 0 Å². The lowest BCUT2D eigenvalue weighted by atomic mass is 9.95. The van der Waals surface area contributed by atoms with Crippen LogP contribution in [0.25, 0.3) is 0 Å². The smallest absolute Gasteiger partial charge is 0.229 e. The van der Waals surface area contributed by atoms with Crippen LogP contribution in [-0.4, -0.2) is 21.0 Å². The molecule has 124 valence electrons. The lowest BCUT2D eigenvalue weighted by Gasteiger charge is -2.27. The predicted octanol–water partition coefficient (Wildman–Crippen LogP) is 4.47. The fourth-order valence-electron chi connectivity index (χ4n) is 2.40. The van der Waals surface area contributed by atoms with E-state index in [4.69, 9.17) is 11.6 Å². The average Bonchev–Trinajstić information content (AvgIpc) is 2.47. The molecule has 2 aromatic rings. The highest BCUT2D eigenvalue weighted by molar-refractivity contribution is 6.28. The first-order valence-corrected chi connectivity index (χ1v) is 8.30. The van der Waals surface area contributed by atoms with Crippen LogP contribution in [-0.2, 0) is 5.54 Å². The second-order valence-electron chi connectivity index (χ2n) is 6.20. The summed E-state index contributed by atoms with van der Waals surface area (Å²) in [6, 6.07) is 10.4. The van der Waals surface area contributed by atoms with Crippen molar-refractivity contribution in [3.63, 3.8) is 0 Å². The molecule has 0 fully saturated rings. The molecule has 0 aliphatic heterocycles. The summed E-state index contributed by atoms with van der Waals surface area (Å²) < 4.78 is 0. The summed E-state index contributed by atoms with van der Waals surface area (Å²) in [5.41, 5.74) is 0.823. The SMILES string of the molecule is CCCC(C)Nc1nc(Cl)nc(NC(C)(C)c2ccccc2)n1. The first-order valence-electron chi connectivity index (χ1n) is 7.92. The summed E-state index contributed by atoms with van der Waals surface area (Å²) >= 11 is 6.04. The van der Waals surface area contributed by atoms with Gasteiger partial charge in [-0.25, -0.2) is 0 Å². The minimum Gasteiger partial charge on any atom is -0.352 e. The predicted molar refractivity (Wildman–Crippen MR) is 95.9 cm³/mol. The fraction of sp³-hybridized carbons (Fsp3) is 0.471. The van der Waals surface area contributed by atoms with Gasteiger partial charge < -0.3 is 10.6 Å². The number of aromatic nitrogens is 3. The summed E-state index contributed by atoms with van der Waals surface area (Å²) in [7, 11) is 0. The Morgan fingerprint density at radius 1 is 1.09 bits per heavy atom. The number of benzene rings is 1. The second kappa shape index (κ2) is 7.59. The van der Waals surface area contributed by atoms with E-state index in [9.17, 15) is 0 Å². The van der Waals surface area contributed by atoms with E-state index < -0.39 is 0 Å². The first kappa shape index (κ1) is 17.5. The van der Waals surface area contributed by atoms with Crippen LogP contribution in [0.1, 0.15) is 46.1 Å². The van der Waals surface area contributed by atoms with Gasteiger partial charge in [0.15, 0.2) is 0 Å². The standard InChI is InChI=1S/C17H24ClN5/c1-5-9-12(2)19-15-20-14(18)21-16(22-15)23-17(3,4)13-10-7-6-8-11-13/h6-8,10-12H,5,9H2,1-4H3,(H2,19,20,21,22,23). The van der Waals surface area contributed by atoms with Gasteiger partial charge in [-0.1, -0.05) is 43.7 Å². The Morgan fingerprint density at radius 2 is 1.74 bits per heavy atom. The third-order valence-corrected chi connectivity index (χ3v) is 3.79. The Hall–Kier alpha value is -1.88. The quantitative estimate of drug-likeness (QED) is 0.782. The fourth-order valence-corrected chi connectivity index (χ4v) is 2.56. The van der Waals surface area contributed by atoms with Gasteiger partial charge in [0.05, 0.1) is 5.54 Å². The molecule has 6 heteroatoms. The van der Waals surface area contributed by atoms with E-state index in [1.165, 1.54) is 0 Å². The van der Waals surface area contributed by atoms with Gasteiger partial charge in [0, 0.05) is 6.04 Å². The maximum atomic E-state index is 6.04. The maximum Gasteiger partial charge on any atom is 0.229 e. The van der Waals surface area contributed by atoms with Gasteiger partial charge in [-0.2, -0.15) is 15.0 Å². The van der Waals surface area contributed by atoms with E-state index in [2.05, 4.69) is 65.4 Å². The van der Waals surface area contributed by atoms with Crippen molar-refractivity contribution in [2.24, 2.45) is 0 Å². The topological polar surface area (TPSA) is 62.7 Å². The molecular formula is C17H24ClN5. The van der Waals surface area contributed by atoms with Crippen molar-refractivity contribution in [1.29, 1.82) is 0 Å². The lowest BCUT2D eigenvalue weighted by molar-refractivity contribution is 0.600. The van der Waals surface area contributed by atoms with Gasteiger partial charge in [-0.15, -0.1) is 0 Å². The van der Waals surface area contributed by atoms with Crippen molar-refractivity contribution in [3.8, 4) is 0 Å². The molecule has 1 atom stereocenters. The third kappa shape index (κ3) is 5.06. The Morgan fingerprint density at radius 3 is 2.39 bits per heavy atom. The molecule has 1 unspecified atom stereocenters. The van der Waals surface area contributed by atoms with Crippen LogP contribution in [0.2, 0.25) is 5.28 Å². The van der Waals surface area contributed by atoms with Crippen LogP contribution < -0.4 is 10.6 Å². The van der Waals surface area contributed by atoms with Crippen LogP contribution in [0.5, 0.6) is 0 Å². The van der Waals surface area contributed by atoms with Gasteiger partial charge in [0.25, 0.3) is 0 Å². The van der Waals surface area contributed by atoms with Crippen molar-refractivity contribution in [2.45, 2.75) is 52.1 Å². The zero-order valence-corrected chi connectivity index (χ0v) is 14.9. The summed E-state index contributed by atoms with van der Waals surface area (Å²) in [4.78, 5) is 12.8.